The maximum atomic E-state index is 11.5. The average Bonchev–Trinajstić information content (AvgIpc) is 2.20. The Balaban J connectivity index is 3.41. The van der Waals surface area contributed by atoms with Gasteiger partial charge < -0.3 is 5.32 Å². The molecule has 0 aliphatic heterocycles. The smallest absolute Gasteiger partial charge is 0.150 e. The molecule has 0 aliphatic carbocycles. The molecule has 0 rings (SSSR count). The van der Waals surface area contributed by atoms with Crippen molar-refractivity contribution < 1.29 is 8.42 Å². The van der Waals surface area contributed by atoms with Crippen LogP contribution in [-0.4, -0.2) is 33.0 Å². The van der Waals surface area contributed by atoms with E-state index in [-0.39, 0.29) is 0 Å². The molecule has 1 N–H and O–H groups in total. The molecule has 0 aromatic carbocycles. The fourth-order valence-corrected chi connectivity index (χ4v) is 2.92. The fraction of sp³-hybridized carbons (Fsp3) is 1.00. The topological polar surface area (TPSA) is 46.2 Å². The molecule has 4 heteroatoms. The molecule has 0 aromatic rings. The zero-order valence-electron chi connectivity index (χ0n) is 10.1. The molecule has 0 radical (unpaired) electrons. The minimum atomic E-state index is -2.76. The van der Waals surface area contributed by atoms with Crippen molar-refractivity contribution in [2.45, 2.75) is 46.0 Å². The lowest BCUT2D eigenvalue weighted by Gasteiger charge is -2.04. The maximum absolute atomic E-state index is 11.5. The highest BCUT2D eigenvalue weighted by atomic mass is 32.2. The normalized spacial score (nSPS) is 11.9. The maximum Gasteiger partial charge on any atom is 0.150 e. The molecule has 0 spiro atoms. The first-order valence-electron chi connectivity index (χ1n) is 6.03. The number of nitrogens with one attached hydrogen (secondary N) is 1. The van der Waals surface area contributed by atoms with E-state index in [1.807, 2.05) is 6.92 Å². The van der Waals surface area contributed by atoms with Gasteiger partial charge in [-0.15, -0.1) is 0 Å². The number of sulfone groups is 1. The second-order valence-corrected chi connectivity index (χ2v) is 6.27. The van der Waals surface area contributed by atoms with Crippen molar-refractivity contribution in [3.8, 4) is 0 Å². The van der Waals surface area contributed by atoms with Crippen LogP contribution in [0.25, 0.3) is 0 Å². The van der Waals surface area contributed by atoms with Gasteiger partial charge in [-0.3, -0.25) is 0 Å². The van der Waals surface area contributed by atoms with Crippen LogP contribution in [0.15, 0.2) is 0 Å². The zero-order chi connectivity index (χ0) is 11.6. The second-order valence-electron chi connectivity index (χ2n) is 3.96. The number of hydrogen-bond acceptors (Lipinski definition) is 3. The first kappa shape index (κ1) is 14.9. The van der Waals surface area contributed by atoms with Gasteiger partial charge in [-0.05, 0) is 38.8 Å². The third kappa shape index (κ3) is 10.2. The number of rotatable bonds is 10. The van der Waals surface area contributed by atoms with Crippen molar-refractivity contribution >= 4 is 9.84 Å². The van der Waals surface area contributed by atoms with Crippen molar-refractivity contribution in [3.05, 3.63) is 0 Å². The van der Waals surface area contributed by atoms with E-state index in [1.54, 1.807) is 0 Å². The summed E-state index contributed by atoms with van der Waals surface area (Å²) in [6.07, 6.45) is 4.65. The summed E-state index contributed by atoms with van der Waals surface area (Å²) in [5, 5.41) is 3.27. The Labute approximate surface area is 94.6 Å². The lowest BCUT2D eigenvalue weighted by Crippen LogP contribution is -2.17. The Bertz CT molecular complexity index is 225. The van der Waals surface area contributed by atoms with Crippen LogP contribution in [0, 0.1) is 0 Å². The van der Waals surface area contributed by atoms with E-state index in [2.05, 4.69) is 12.2 Å². The van der Waals surface area contributed by atoms with Gasteiger partial charge >= 0.3 is 0 Å². The Hall–Kier alpha value is -0.0900. The molecule has 0 aliphatic rings. The summed E-state index contributed by atoms with van der Waals surface area (Å²) in [5.41, 5.74) is 0. The quantitative estimate of drug-likeness (QED) is 0.589. The van der Waals surface area contributed by atoms with E-state index in [0.29, 0.717) is 11.5 Å². The molecular weight excluding hydrogens is 210 g/mol. The first-order valence-corrected chi connectivity index (χ1v) is 7.85. The van der Waals surface area contributed by atoms with Gasteiger partial charge in [0.1, 0.15) is 9.84 Å². The molecule has 0 bridgehead atoms. The van der Waals surface area contributed by atoms with Crippen LogP contribution in [0.5, 0.6) is 0 Å². The summed E-state index contributed by atoms with van der Waals surface area (Å²) in [6.45, 7) is 6.12. The molecule has 0 heterocycles. The molecule has 0 amide bonds. The highest BCUT2D eigenvalue weighted by Crippen LogP contribution is 2.01. The van der Waals surface area contributed by atoms with Crippen LogP contribution in [-0.2, 0) is 9.84 Å². The summed E-state index contributed by atoms with van der Waals surface area (Å²) < 4.78 is 22.9. The van der Waals surface area contributed by atoms with Gasteiger partial charge in [0.2, 0.25) is 0 Å². The van der Waals surface area contributed by atoms with Gasteiger partial charge in [0, 0.05) is 0 Å². The third-order valence-electron chi connectivity index (χ3n) is 2.29. The largest absolute Gasteiger partial charge is 0.317 e. The Morgan fingerprint density at radius 2 is 1.53 bits per heavy atom. The molecule has 0 saturated carbocycles. The third-order valence-corrected chi connectivity index (χ3v) is 4.12. The standard InChI is InChI=1S/C11H25NO2S/c1-3-5-10-15(13,14)11-7-6-9-12-8-4-2/h12H,3-11H2,1-2H3. The molecule has 15 heavy (non-hydrogen) atoms. The monoisotopic (exact) mass is 235 g/mol. The molecule has 0 atom stereocenters. The van der Waals surface area contributed by atoms with Gasteiger partial charge in [0.05, 0.1) is 11.5 Å². The highest BCUT2D eigenvalue weighted by molar-refractivity contribution is 7.91. The van der Waals surface area contributed by atoms with E-state index in [0.717, 1.165) is 45.2 Å². The van der Waals surface area contributed by atoms with Crippen LogP contribution in [0.4, 0.5) is 0 Å². The Morgan fingerprint density at radius 1 is 0.867 bits per heavy atom. The fourth-order valence-electron chi connectivity index (χ4n) is 1.34. The molecule has 0 unspecified atom stereocenters. The van der Waals surface area contributed by atoms with E-state index in [1.165, 1.54) is 0 Å². The van der Waals surface area contributed by atoms with E-state index < -0.39 is 9.84 Å². The summed E-state index contributed by atoms with van der Waals surface area (Å²) in [4.78, 5) is 0. The number of unbranched alkanes of at least 4 members (excludes halogenated alkanes) is 2. The minimum absolute atomic E-state index is 0.362. The predicted molar refractivity (Wildman–Crippen MR) is 66.0 cm³/mol. The average molecular weight is 235 g/mol. The van der Waals surface area contributed by atoms with Crippen molar-refractivity contribution in [2.24, 2.45) is 0 Å². The lowest BCUT2D eigenvalue weighted by atomic mass is 10.3. The van der Waals surface area contributed by atoms with Crippen LogP contribution in [0.1, 0.15) is 46.0 Å². The SMILES string of the molecule is CCCCS(=O)(=O)CCCCNCCC. The lowest BCUT2D eigenvalue weighted by molar-refractivity contribution is 0.583. The van der Waals surface area contributed by atoms with Gasteiger partial charge in [0.25, 0.3) is 0 Å². The molecule has 0 aromatic heterocycles. The van der Waals surface area contributed by atoms with Gasteiger partial charge in [-0.2, -0.15) is 0 Å². The molecule has 92 valence electrons. The van der Waals surface area contributed by atoms with Gasteiger partial charge in [0.15, 0.2) is 0 Å². The van der Waals surface area contributed by atoms with Crippen LogP contribution < -0.4 is 5.32 Å². The molecular formula is C11H25NO2S. The van der Waals surface area contributed by atoms with E-state index in [4.69, 9.17) is 0 Å². The minimum Gasteiger partial charge on any atom is -0.317 e. The molecule has 3 nitrogen and oxygen atoms in total. The Kier molecular flexibility index (Phi) is 9.10. The second kappa shape index (κ2) is 9.16. The molecule has 0 fully saturated rings. The van der Waals surface area contributed by atoms with Crippen LogP contribution in [0.2, 0.25) is 0 Å². The van der Waals surface area contributed by atoms with Gasteiger partial charge in [-0.25, -0.2) is 8.42 Å². The van der Waals surface area contributed by atoms with E-state index >= 15 is 0 Å². The summed E-state index contributed by atoms with van der Waals surface area (Å²) in [5.74, 6) is 0.729. The van der Waals surface area contributed by atoms with Crippen molar-refractivity contribution in [1.82, 2.24) is 5.32 Å². The first-order chi connectivity index (χ1) is 7.12. The Morgan fingerprint density at radius 3 is 2.13 bits per heavy atom. The molecule has 0 saturated heterocycles. The summed E-state index contributed by atoms with van der Waals surface area (Å²) >= 11 is 0. The van der Waals surface area contributed by atoms with Crippen LogP contribution in [0.3, 0.4) is 0 Å². The summed E-state index contributed by atoms with van der Waals surface area (Å²) in [6, 6.07) is 0. The van der Waals surface area contributed by atoms with Crippen molar-refractivity contribution in [3.63, 3.8) is 0 Å². The zero-order valence-corrected chi connectivity index (χ0v) is 10.9. The summed E-state index contributed by atoms with van der Waals surface area (Å²) in [7, 11) is -2.76. The highest BCUT2D eigenvalue weighted by Gasteiger charge is 2.08. The predicted octanol–water partition coefficient (Wildman–Crippen LogP) is 1.98. The van der Waals surface area contributed by atoms with Gasteiger partial charge in [-0.1, -0.05) is 20.3 Å². The van der Waals surface area contributed by atoms with Crippen molar-refractivity contribution in [2.75, 3.05) is 24.6 Å². The van der Waals surface area contributed by atoms with Crippen LogP contribution >= 0.6 is 0 Å². The number of hydrogen-bond donors (Lipinski definition) is 1. The van der Waals surface area contributed by atoms with E-state index in [9.17, 15) is 8.42 Å². The van der Waals surface area contributed by atoms with Crippen molar-refractivity contribution in [1.29, 1.82) is 0 Å².